The van der Waals surface area contributed by atoms with E-state index in [-0.39, 0.29) is 0 Å². The van der Waals surface area contributed by atoms with Gasteiger partial charge in [-0.25, -0.2) is 15.1 Å². The third kappa shape index (κ3) is 3.32. The SMILES string of the molecule is CCCc1cncnc1SC(C)[O]. The van der Waals surface area contributed by atoms with Crippen molar-refractivity contribution in [2.75, 3.05) is 0 Å². The molecule has 1 aromatic heterocycles. The van der Waals surface area contributed by atoms with Crippen LogP contribution in [0, 0.1) is 0 Å². The van der Waals surface area contributed by atoms with E-state index >= 15 is 0 Å². The van der Waals surface area contributed by atoms with Crippen LogP contribution in [0.4, 0.5) is 0 Å². The van der Waals surface area contributed by atoms with Crippen LogP contribution in [0.5, 0.6) is 0 Å². The molecule has 1 heterocycles. The van der Waals surface area contributed by atoms with E-state index in [0.29, 0.717) is 0 Å². The zero-order chi connectivity index (χ0) is 9.68. The summed E-state index contributed by atoms with van der Waals surface area (Å²) in [5.41, 5.74) is 0.420. The Morgan fingerprint density at radius 1 is 1.62 bits per heavy atom. The quantitative estimate of drug-likeness (QED) is 0.422. The molecule has 0 spiro atoms. The third-order valence-corrected chi connectivity index (χ3v) is 2.47. The first-order valence-electron chi connectivity index (χ1n) is 4.35. The Balaban J connectivity index is 2.78. The van der Waals surface area contributed by atoms with Gasteiger partial charge in [0.2, 0.25) is 0 Å². The normalized spacial score (nSPS) is 12.8. The highest BCUT2D eigenvalue weighted by atomic mass is 32.2. The van der Waals surface area contributed by atoms with Crippen molar-refractivity contribution >= 4 is 11.8 Å². The van der Waals surface area contributed by atoms with Crippen LogP contribution in [0.25, 0.3) is 0 Å². The van der Waals surface area contributed by atoms with Crippen LogP contribution in [0.3, 0.4) is 0 Å². The van der Waals surface area contributed by atoms with Crippen LogP contribution < -0.4 is 0 Å². The monoisotopic (exact) mass is 197 g/mol. The highest BCUT2D eigenvalue weighted by molar-refractivity contribution is 7.99. The largest absolute Gasteiger partial charge is 0.244 e. The van der Waals surface area contributed by atoms with E-state index in [1.54, 1.807) is 13.1 Å². The second kappa shape index (κ2) is 5.19. The van der Waals surface area contributed by atoms with Crippen molar-refractivity contribution in [3.05, 3.63) is 18.1 Å². The van der Waals surface area contributed by atoms with E-state index in [1.165, 1.54) is 18.1 Å². The maximum atomic E-state index is 11.0. The fraction of sp³-hybridized carbons (Fsp3) is 0.556. The van der Waals surface area contributed by atoms with E-state index in [0.717, 1.165) is 23.4 Å². The Kier molecular flexibility index (Phi) is 4.18. The molecule has 3 nitrogen and oxygen atoms in total. The molecular formula is C9H13N2OS. The molecule has 0 aliphatic rings. The highest BCUT2D eigenvalue weighted by Gasteiger charge is 2.07. The minimum Gasteiger partial charge on any atom is -0.244 e. The van der Waals surface area contributed by atoms with E-state index < -0.39 is 5.44 Å². The molecule has 0 aromatic carbocycles. The number of rotatable bonds is 4. The Morgan fingerprint density at radius 2 is 2.38 bits per heavy atom. The fourth-order valence-electron chi connectivity index (χ4n) is 1.05. The standard InChI is InChI=1S/C9H13N2OS/c1-3-4-8-5-10-6-11-9(8)13-7(2)12/h5-7H,3-4H2,1-2H3. The second-order valence-corrected chi connectivity index (χ2v) is 4.07. The number of aromatic nitrogens is 2. The predicted octanol–water partition coefficient (Wildman–Crippen LogP) is 2.30. The van der Waals surface area contributed by atoms with Gasteiger partial charge in [0.05, 0.1) is 0 Å². The molecule has 1 rings (SSSR count). The lowest BCUT2D eigenvalue weighted by Crippen LogP contribution is -1.97. The Bertz CT molecular complexity index is 266. The molecular weight excluding hydrogens is 184 g/mol. The van der Waals surface area contributed by atoms with Gasteiger partial charge in [-0.3, -0.25) is 0 Å². The van der Waals surface area contributed by atoms with Crippen LogP contribution in [-0.2, 0) is 11.5 Å². The average molecular weight is 197 g/mol. The lowest BCUT2D eigenvalue weighted by Gasteiger charge is -2.06. The average Bonchev–Trinajstić information content (AvgIpc) is 2.08. The van der Waals surface area contributed by atoms with Crippen molar-refractivity contribution in [2.24, 2.45) is 0 Å². The van der Waals surface area contributed by atoms with Gasteiger partial charge in [0.25, 0.3) is 0 Å². The Hall–Kier alpha value is -0.610. The molecule has 1 unspecified atom stereocenters. The first kappa shape index (κ1) is 10.5. The van der Waals surface area contributed by atoms with Crippen molar-refractivity contribution in [1.82, 2.24) is 9.97 Å². The summed E-state index contributed by atoms with van der Waals surface area (Å²) in [4.78, 5) is 8.03. The van der Waals surface area contributed by atoms with Crippen molar-refractivity contribution in [3.63, 3.8) is 0 Å². The van der Waals surface area contributed by atoms with Crippen LogP contribution >= 0.6 is 11.8 Å². The molecule has 0 saturated carbocycles. The summed E-state index contributed by atoms with van der Waals surface area (Å²) in [6.07, 6.45) is 5.27. The van der Waals surface area contributed by atoms with Crippen molar-refractivity contribution in [1.29, 1.82) is 0 Å². The van der Waals surface area contributed by atoms with Crippen LogP contribution in [-0.4, -0.2) is 15.4 Å². The molecule has 0 bridgehead atoms. The molecule has 71 valence electrons. The Labute approximate surface area is 82.6 Å². The zero-order valence-electron chi connectivity index (χ0n) is 7.86. The van der Waals surface area contributed by atoms with Crippen LogP contribution in [0.15, 0.2) is 17.6 Å². The minimum atomic E-state index is -0.662. The van der Waals surface area contributed by atoms with E-state index in [2.05, 4.69) is 16.9 Å². The minimum absolute atomic E-state index is 0.662. The third-order valence-electron chi connectivity index (χ3n) is 1.54. The summed E-state index contributed by atoms with van der Waals surface area (Å²) in [5.74, 6) is 0. The van der Waals surface area contributed by atoms with Gasteiger partial charge in [0, 0.05) is 11.8 Å². The van der Waals surface area contributed by atoms with Gasteiger partial charge in [-0.1, -0.05) is 25.1 Å². The highest BCUT2D eigenvalue weighted by Crippen LogP contribution is 2.23. The second-order valence-electron chi connectivity index (χ2n) is 2.79. The van der Waals surface area contributed by atoms with Gasteiger partial charge >= 0.3 is 0 Å². The number of aryl methyl sites for hydroxylation is 1. The van der Waals surface area contributed by atoms with Crippen LogP contribution in [0.2, 0.25) is 0 Å². The number of nitrogens with zero attached hydrogens (tertiary/aromatic N) is 2. The summed E-state index contributed by atoms with van der Waals surface area (Å²) < 4.78 is 0. The van der Waals surface area contributed by atoms with E-state index in [9.17, 15) is 5.11 Å². The Morgan fingerprint density at radius 3 is 3.00 bits per heavy atom. The predicted molar refractivity (Wildman–Crippen MR) is 52.0 cm³/mol. The van der Waals surface area contributed by atoms with Gasteiger partial charge in [-0.15, -0.1) is 0 Å². The van der Waals surface area contributed by atoms with Crippen molar-refractivity contribution in [3.8, 4) is 0 Å². The molecule has 4 heteroatoms. The molecule has 1 radical (unpaired) electrons. The first-order valence-corrected chi connectivity index (χ1v) is 5.23. The molecule has 0 aliphatic heterocycles. The smallest absolute Gasteiger partial charge is 0.141 e. The molecule has 1 atom stereocenters. The molecule has 0 N–H and O–H groups in total. The van der Waals surface area contributed by atoms with E-state index in [4.69, 9.17) is 0 Å². The van der Waals surface area contributed by atoms with Gasteiger partial charge in [-0.2, -0.15) is 0 Å². The van der Waals surface area contributed by atoms with Crippen molar-refractivity contribution < 1.29 is 5.11 Å². The maximum absolute atomic E-state index is 11.0. The maximum Gasteiger partial charge on any atom is 0.141 e. The molecule has 0 fully saturated rings. The van der Waals surface area contributed by atoms with Crippen LogP contribution in [0.1, 0.15) is 25.8 Å². The molecule has 13 heavy (non-hydrogen) atoms. The number of thioether (sulfide) groups is 1. The molecule has 1 aromatic rings. The van der Waals surface area contributed by atoms with Gasteiger partial charge in [0.15, 0.2) is 0 Å². The summed E-state index contributed by atoms with van der Waals surface area (Å²) >= 11 is 1.26. The molecule has 0 aliphatic carbocycles. The number of hydrogen-bond donors (Lipinski definition) is 0. The molecule has 0 amide bonds. The fourth-order valence-corrected chi connectivity index (χ4v) is 1.78. The lowest BCUT2D eigenvalue weighted by atomic mass is 10.2. The summed E-state index contributed by atoms with van der Waals surface area (Å²) in [5, 5.41) is 11.8. The topological polar surface area (TPSA) is 45.7 Å². The zero-order valence-corrected chi connectivity index (χ0v) is 8.67. The molecule has 0 saturated heterocycles. The van der Waals surface area contributed by atoms with Gasteiger partial charge in [0.1, 0.15) is 16.8 Å². The van der Waals surface area contributed by atoms with E-state index in [1.807, 2.05) is 0 Å². The van der Waals surface area contributed by atoms with Crippen molar-refractivity contribution in [2.45, 2.75) is 37.2 Å². The van der Waals surface area contributed by atoms with Gasteiger partial charge in [-0.05, 0) is 13.3 Å². The summed E-state index contributed by atoms with van der Waals surface area (Å²) in [7, 11) is 0. The summed E-state index contributed by atoms with van der Waals surface area (Å²) in [6, 6.07) is 0. The first-order chi connectivity index (χ1) is 6.24. The summed E-state index contributed by atoms with van der Waals surface area (Å²) in [6.45, 7) is 3.73. The lowest BCUT2D eigenvalue weighted by molar-refractivity contribution is 0.181. The number of hydrogen-bond acceptors (Lipinski definition) is 3. The van der Waals surface area contributed by atoms with Gasteiger partial charge < -0.3 is 0 Å².